The van der Waals surface area contributed by atoms with Gasteiger partial charge in [-0.1, -0.05) is 12.1 Å². The Kier molecular flexibility index (Phi) is 5.78. The van der Waals surface area contributed by atoms with Crippen LogP contribution >= 0.6 is 0 Å². The fourth-order valence-electron chi connectivity index (χ4n) is 3.27. The first-order chi connectivity index (χ1) is 12.9. The Morgan fingerprint density at radius 2 is 1.30 bits per heavy atom. The Balaban J connectivity index is 1.53. The van der Waals surface area contributed by atoms with Crippen molar-refractivity contribution in [3.8, 4) is 0 Å². The third kappa shape index (κ3) is 4.67. The van der Waals surface area contributed by atoms with Gasteiger partial charge in [0.15, 0.2) is 0 Å². The van der Waals surface area contributed by atoms with Gasteiger partial charge in [-0.3, -0.25) is 9.59 Å². The maximum Gasteiger partial charge on any atom is 0.227 e. The van der Waals surface area contributed by atoms with E-state index in [9.17, 15) is 22.8 Å². The molecule has 0 bridgehead atoms. The second-order valence-corrected chi connectivity index (χ2v) is 6.63. The highest BCUT2D eigenvalue weighted by Gasteiger charge is 2.30. The Bertz CT molecular complexity index is 829. The predicted octanol–water partition coefficient (Wildman–Crippen LogP) is 4.49. The minimum Gasteiger partial charge on any atom is -0.326 e. The highest BCUT2D eigenvalue weighted by atomic mass is 19.1. The molecule has 142 valence electrons. The number of anilines is 2. The summed E-state index contributed by atoms with van der Waals surface area (Å²) in [6, 6.07) is 9.01. The lowest BCUT2D eigenvalue weighted by Crippen LogP contribution is -2.32. The van der Waals surface area contributed by atoms with Gasteiger partial charge in [0.2, 0.25) is 11.8 Å². The van der Waals surface area contributed by atoms with Gasteiger partial charge in [0.1, 0.15) is 23.1 Å². The molecule has 0 unspecified atom stereocenters. The maximum atomic E-state index is 13.6. The monoisotopic (exact) mass is 376 g/mol. The van der Waals surface area contributed by atoms with E-state index in [1.807, 2.05) is 0 Å². The lowest BCUT2D eigenvalue weighted by atomic mass is 9.81. The molecular formula is C20H19F3N2O2. The van der Waals surface area contributed by atoms with Gasteiger partial charge < -0.3 is 10.6 Å². The van der Waals surface area contributed by atoms with Crippen molar-refractivity contribution in [1.29, 1.82) is 0 Å². The summed E-state index contributed by atoms with van der Waals surface area (Å²) in [6.45, 7) is 0. The van der Waals surface area contributed by atoms with Gasteiger partial charge in [-0.2, -0.15) is 0 Å². The number of para-hydroxylation sites is 1. The predicted molar refractivity (Wildman–Crippen MR) is 95.5 cm³/mol. The van der Waals surface area contributed by atoms with Crippen LogP contribution in [0.1, 0.15) is 25.7 Å². The van der Waals surface area contributed by atoms with E-state index in [4.69, 9.17) is 0 Å². The molecule has 1 aliphatic rings. The van der Waals surface area contributed by atoms with Gasteiger partial charge in [-0.05, 0) is 56.0 Å². The van der Waals surface area contributed by atoms with Crippen molar-refractivity contribution in [1.82, 2.24) is 0 Å². The molecule has 1 saturated carbocycles. The van der Waals surface area contributed by atoms with Crippen LogP contribution < -0.4 is 10.6 Å². The summed E-state index contributed by atoms with van der Waals surface area (Å²) >= 11 is 0. The van der Waals surface area contributed by atoms with Gasteiger partial charge >= 0.3 is 0 Å². The van der Waals surface area contributed by atoms with E-state index in [2.05, 4.69) is 10.6 Å². The molecule has 1 fully saturated rings. The largest absolute Gasteiger partial charge is 0.326 e. The Labute approximate surface area is 154 Å². The number of carbonyl (C=O) groups excluding carboxylic acids is 2. The quantitative estimate of drug-likeness (QED) is 0.826. The number of rotatable bonds is 4. The SMILES string of the molecule is O=C(Nc1cccc(F)c1)C1CCC(C(=O)Nc2c(F)cccc2F)CC1. The molecule has 27 heavy (non-hydrogen) atoms. The van der Waals surface area contributed by atoms with Crippen molar-refractivity contribution in [3.63, 3.8) is 0 Å². The van der Waals surface area contributed by atoms with Crippen LogP contribution in [0.4, 0.5) is 24.5 Å². The average molecular weight is 376 g/mol. The minimum atomic E-state index is -0.827. The number of amides is 2. The van der Waals surface area contributed by atoms with E-state index in [1.54, 1.807) is 6.07 Å². The van der Waals surface area contributed by atoms with Crippen LogP contribution in [0.5, 0.6) is 0 Å². The van der Waals surface area contributed by atoms with Gasteiger partial charge in [-0.15, -0.1) is 0 Å². The maximum absolute atomic E-state index is 13.6. The van der Waals surface area contributed by atoms with Crippen molar-refractivity contribution in [2.75, 3.05) is 10.6 Å². The van der Waals surface area contributed by atoms with E-state index in [1.165, 1.54) is 24.3 Å². The molecule has 2 aromatic carbocycles. The standard InChI is InChI=1S/C20H19F3N2O2/c21-14-3-1-4-15(11-14)24-19(26)12-7-9-13(10-8-12)20(27)25-18-16(22)5-2-6-17(18)23/h1-6,11-13H,7-10H2,(H,24,26)(H,25,27). The van der Waals surface area contributed by atoms with Gasteiger partial charge in [0.25, 0.3) is 0 Å². The van der Waals surface area contributed by atoms with Crippen molar-refractivity contribution in [2.24, 2.45) is 11.8 Å². The fraction of sp³-hybridized carbons (Fsp3) is 0.300. The molecule has 0 radical (unpaired) electrons. The zero-order chi connectivity index (χ0) is 19.4. The molecule has 2 N–H and O–H groups in total. The molecule has 3 rings (SSSR count). The molecule has 0 saturated heterocycles. The second kappa shape index (κ2) is 8.24. The van der Waals surface area contributed by atoms with Gasteiger partial charge in [0.05, 0.1) is 0 Å². The topological polar surface area (TPSA) is 58.2 Å². The number of hydrogen-bond donors (Lipinski definition) is 2. The Hall–Kier alpha value is -2.83. The van der Waals surface area contributed by atoms with Crippen LogP contribution in [0.15, 0.2) is 42.5 Å². The Morgan fingerprint density at radius 3 is 1.85 bits per heavy atom. The van der Waals surface area contributed by atoms with Crippen molar-refractivity contribution < 1.29 is 22.8 Å². The average Bonchev–Trinajstić information content (AvgIpc) is 2.65. The van der Waals surface area contributed by atoms with E-state index in [0.29, 0.717) is 31.4 Å². The van der Waals surface area contributed by atoms with Crippen LogP contribution in [0.25, 0.3) is 0 Å². The van der Waals surface area contributed by atoms with Gasteiger partial charge in [-0.25, -0.2) is 13.2 Å². The molecule has 1 aliphatic carbocycles. The first-order valence-electron chi connectivity index (χ1n) is 8.75. The van der Waals surface area contributed by atoms with Crippen molar-refractivity contribution >= 4 is 23.2 Å². The number of nitrogens with one attached hydrogen (secondary N) is 2. The zero-order valence-corrected chi connectivity index (χ0v) is 14.5. The third-order valence-electron chi connectivity index (χ3n) is 4.77. The molecular weight excluding hydrogens is 357 g/mol. The minimum absolute atomic E-state index is 0.223. The number of hydrogen-bond acceptors (Lipinski definition) is 2. The zero-order valence-electron chi connectivity index (χ0n) is 14.5. The molecule has 0 atom stereocenters. The van der Waals surface area contributed by atoms with E-state index >= 15 is 0 Å². The smallest absolute Gasteiger partial charge is 0.227 e. The van der Waals surface area contributed by atoms with Crippen LogP contribution in [0.2, 0.25) is 0 Å². The first-order valence-corrected chi connectivity index (χ1v) is 8.75. The lowest BCUT2D eigenvalue weighted by molar-refractivity contribution is -0.125. The first kappa shape index (κ1) is 18.9. The summed E-state index contributed by atoms with van der Waals surface area (Å²) in [4.78, 5) is 24.6. The number of benzene rings is 2. The molecule has 0 aromatic heterocycles. The van der Waals surface area contributed by atoms with Crippen LogP contribution in [-0.4, -0.2) is 11.8 Å². The summed E-state index contributed by atoms with van der Waals surface area (Å²) in [6.07, 6.45) is 1.81. The molecule has 0 spiro atoms. The van der Waals surface area contributed by atoms with Crippen LogP contribution in [0, 0.1) is 29.3 Å². The highest BCUT2D eigenvalue weighted by Crippen LogP contribution is 2.31. The molecule has 2 aromatic rings. The van der Waals surface area contributed by atoms with Crippen molar-refractivity contribution in [3.05, 3.63) is 59.9 Å². The molecule has 2 amide bonds. The Morgan fingerprint density at radius 1 is 0.778 bits per heavy atom. The molecule has 4 nitrogen and oxygen atoms in total. The highest BCUT2D eigenvalue weighted by molar-refractivity contribution is 5.94. The molecule has 0 heterocycles. The molecule has 7 heteroatoms. The van der Waals surface area contributed by atoms with Crippen LogP contribution in [-0.2, 0) is 9.59 Å². The fourth-order valence-corrected chi connectivity index (χ4v) is 3.27. The normalized spacial score (nSPS) is 19.4. The summed E-state index contributed by atoms with van der Waals surface area (Å²) in [5, 5.41) is 4.98. The molecule has 0 aliphatic heterocycles. The number of halogens is 3. The number of carbonyl (C=O) groups is 2. The van der Waals surface area contributed by atoms with E-state index in [-0.39, 0.29) is 11.8 Å². The summed E-state index contributed by atoms with van der Waals surface area (Å²) in [5.74, 6) is -3.47. The second-order valence-electron chi connectivity index (χ2n) is 6.63. The lowest BCUT2D eigenvalue weighted by Gasteiger charge is -2.27. The van der Waals surface area contributed by atoms with E-state index < -0.39 is 35.0 Å². The summed E-state index contributed by atoms with van der Waals surface area (Å²) in [7, 11) is 0. The van der Waals surface area contributed by atoms with Gasteiger partial charge in [0, 0.05) is 17.5 Å². The summed E-state index contributed by atoms with van der Waals surface area (Å²) < 4.78 is 40.5. The third-order valence-corrected chi connectivity index (χ3v) is 4.77. The van der Waals surface area contributed by atoms with Crippen molar-refractivity contribution in [2.45, 2.75) is 25.7 Å². The van der Waals surface area contributed by atoms with Crippen LogP contribution in [0.3, 0.4) is 0 Å². The van der Waals surface area contributed by atoms with E-state index in [0.717, 1.165) is 12.1 Å². The summed E-state index contributed by atoms with van der Waals surface area (Å²) in [5.41, 5.74) is -0.0663.